The number of unbranched alkanes of at least 4 members (excludes halogenated alkanes) is 1. The van der Waals surface area contributed by atoms with E-state index >= 15 is 0 Å². The lowest BCUT2D eigenvalue weighted by atomic mass is 9.78. The summed E-state index contributed by atoms with van der Waals surface area (Å²) in [5.74, 6) is 0.852. The number of nitrogens with one attached hydrogen (secondary N) is 1. The van der Waals surface area contributed by atoms with Crippen LogP contribution in [0.15, 0.2) is 24.8 Å². The van der Waals surface area contributed by atoms with Gasteiger partial charge in [-0.15, -0.1) is 0 Å². The van der Waals surface area contributed by atoms with Crippen LogP contribution in [0.5, 0.6) is 0 Å². The van der Waals surface area contributed by atoms with E-state index in [-0.39, 0.29) is 5.54 Å². The molecule has 0 aliphatic carbocycles. The van der Waals surface area contributed by atoms with Gasteiger partial charge in [-0.05, 0) is 31.9 Å². The maximum absolute atomic E-state index is 4.74. The Hall–Kier alpha value is -1.95. The van der Waals surface area contributed by atoms with Crippen LogP contribution < -0.4 is 4.90 Å². The molecule has 128 valence electrons. The van der Waals surface area contributed by atoms with E-state index in [1.165, 1.54) is 30.8 Å². The second-order valence-corrected chi connectivity index (χ2v) is 6.89. The number of rotatable bonds is 4. The number of imidazole rings is 1. The molecule has 1 saturated heterocycles. The second kappa shape index (κ2) is 6.51. The Labute approximate surface area is 143 Å². The molecule has 6 nitrogen and oxygen atoms in total. The Bertz CT molecular complexity index is 659. The highest BCUT2D eigenvalue weighted by molar-refractivity contribution is 5.34. The van der Waals surface area contributed by atoms with E-state index < -0.39 is 0 Å². The number of fused-ring (bicyclic) bond motifs is 2. The minimum Gasteiger partial charge on any atom is -0.348 e. The van der Waals surface area contributed by atoms with Crippen molar-refractivity contribution < 1.29 is 0 Å². The largest absolute Gasteiger partial charge is 0.348 e. The van der Waals surface area contributed by atoms with E-state index in [2.05, 4.69) is 31.7 Å². The number of anilines is 1. The van der Waals surface area contributed by atoms with Crippen molar-refractivity contribution in [3.63, 3.8) is 0 Å². The molecule has 0 unspecified atom stereocenters. The van der Waals surface area contributed by atoms with Gasteiger partial charge in [-0.3, -0.25) is 4.90 Å². The molecule has 2 aromatic heterocycles. The topological polar surface area (TPSA) is 60.9 Å². The van der Waals surface area contributed by atoms with Gasteiger partial charge in [0.1, 0.15) is 0 Å². The highest BCUT2D eigenvalue weighted by atomic mass is 15.3. The van der Waals surface area contributed by atoms with Crippen molar-refractivity contribution in [1.29, 1.82) is 0 Å². The molecule has 0 bridgehead atoms. The van der Waals surface area contributed by atoms with E-state index in [0.717, 1.165) is 44.8 Å². The zero-order chi connectivity index (χ0) is 16.4. The Morgan fingerprint density at radius 1 is 1.12 bits per heavy atom. The molecule has 1 fully saturated rings. The van der Waals surface area contributed by atoms with Gasteiger partial charge in [0.05, 0.1) is 17.6 Å². The molecular formula is C18H26N6. The van der Waals surface area contributed by atoms with Crippen LogP contribution in [0.1, 0.15) is 44.0 Å². The Morgan fingerprint density at radius 3 is 2.67 bits per heavy atom. The van der Waals surface area contributed by atoms with Crippen molar-refractivity contribution in [3.8, 4) is 0 Å². The van der Waals surface area contributed by atoms with Gasteiger partial charge in [0, 0.05) is 44.1 Å². The van der Waals surface area contributed by atoms with Crippen LogP contribution in [0, 0.1) is 0 Å². The number of hydrogen-bond acceptors (Lipinski definition) is 5. The van der Waals surface area contributed by atoms with Gasteiger partial charge in [-0.1, -0.05) is 13.3 Å². The summed E-state index contributed by atoms with van der Waals surface area (Å²) < 4.78 is 0. The fraction of sp³-hybridized carbons (Fsp3) is 0.611. The summed E-state index contributed by atoms with van der Waals surface area (Å²) in [5.41, 5.74) is 2.72. The molecule has 0 amide bonds. The molecule has 2 aliphatic rings. The molecule has 2 aromatic rings. The first-order valence-corrected chi connectivity index (χ1v) is 9.13. The van der Waals surface area contributed by atoms with E-state index in [4.69, 9.17) is 4.98 Å². The third kappa shape index (κ3) is 2.59. The first-order chi connectivity index (χ1) is 11.8. The molecule has 0 atom stereocenters. The van der Waals surface area contributed by atoms with E-state index in [1.54, 1.807) is 0 Å². The number of aromatic nitrogens is 4. The van der Waals surface area contributed by atoms with Gasteiger partial charge >= 0.3 is 0 Å². The summed E-state index contributed by atoms with van der Waals surface area (Å²) in [5, 5.41) is 0. The fourth-order valence-corrected chi connectivity index (χ4v) is 4.28. The summed E-state index contributed by atoms with van der Waals surface area (Å²) in [6.07, 6.45) is 11.3. The number of piperidine rings is 1. The summed E-state index contributed by atoms with van der Waals surface area (Å²) in [7, 11) is 0. The Morgan fingerprint density at radius 2 is 1.92 bits per heavy atom. The SMILES string of the molecule is CCCCN1CCc2[nH]cnc2C12CCN(c1ncccn1)CC2. The monoisotopic (exact) mass is 326 g/mol. The van der Waals surface area contributed by atoms with E-state index in [1.807, 2.05) is 24.8 Å². The number of hydrogen-bond donors (Lipinski definition) is 1. The zero-order valence-electron chi connectivity index (χ0n) is 14.4. The van der Waals surface area contributed by atoms with Gasteiger partial charge in [0.15, 0.2) is 0 Å². The van der Waals surface area contributed by atoms with Crippen molar-refractivity contribution in [3.05, 3.63) is 36.2 Å². The minimum absolute atomic E-state index is 0.0913. The van der Waals surface area contributed by atoms with Gasteiger partial charge < -0.3 is 9.88 Å². The molecule has 24 heavy (non-hydrogen) atoms. The summed E-state index contributed by atoms with van der Waals surface area (Å²) in [6, 6.07) is 1.87. The van der Waals surface area contributed by atoms with Crippen LogP contribution in [0.4, 0.5) is 5.95 Å². The average Bonchev–Trinajstić information content (AvgIpc) is 3.13. The molecule has 6 heteroatoms. The van der Waals surface area contributed by atoms with Gasteiger partial charge in [-0.25, -0.2) is 15.0 Å². The molecule has 0 saturated carbocycles. The van der Waals surface area contributed by atoms with Crippen LogP contribution in [-0.2, 0) is 12.0 Å². The predicted molar refractivity (Wildman–Crippen MR) is 93.9 cm³/mol. The minimum atomic E-state index is 0.0913. The molecule has 4 rings (SSSR count). The fourth-order valence-electron chi connectivity index (χ4n) is 4.28. The lowest BCUT2D eigenvalue weighted by Crippen LogP contribution is -2.56. The number of aromatic amines is 1. The molecular weight excluding hydrogens is 300 g/mol. The van der Waals surface area contributed by atoms with Crippen molar-refractivity contribution >= 4 is 5.95 Å². The van der Waals surface area contributed by atoms with Crippen LogP contribution >= 0.6 is 0 Å². The molecule has 1 spiro atoms. The lowest BCUT2D eigenvalue weighted by molar-refractivity contribution is 0.0429. The highest BCUT2D eigenvalue weighted by Gasteiger charge is 2.46. The quantitative estimate of drug-likeness (QED) is 0.934. The van der Waals surface area contributed by atoms with Crippen LogP contribution in [-0.4, -0.2) is 51.0 Å². The summed E-state index contributed by atoms with van der Waals surface area (Å²) >= 11 is 0. The van der Waals surface area contributed by atoms with Gasteiger partial charge in [0.25, 0.3) is 0 Å². The molecule has 1 N–H and O–H groups in total. The van der Waals surface area contributed by atoms with Crippen molar-refractivity contribution in [2.45, 2.75) is 44.6 Å². The second-order valence-electron chi connectivity index (χ2n) is 6.89. The normalized spacial score (nSPS) is 20.3. The van der Waals surface area contributed by atoms with Crippen molar-refractivity contribution in [1.82, 2.24) is 24.8 Å². The average molecular weight is 326 g/mol. The molecule has 0 radical (unpaired) electrons. The standard InChI is InChI=1S/C18H26N6/c1-2-3-10-24-11-5-15-16(22-14-21-15)18(24)6-12-23(13-7-18)17-19-8-4-9-20-17/h4,8-9,14H,2-3,5-7,10-13H2,1H3,(H,21,22). The third-order valence-corrected chi connectivity index (χ3v) is 5.60. The van der Waals surface area contributed by atoms with Crippen LogP contribution in [0.2, 0.25) is 0 Å². The summed E-state index contributed by atoms with van der Waals surface area (Å²) in [4.78, 5) is 22.0. The first-order valence-electron chi connectivity index (χ1n) is 9.13. The molecule has 0 aromatic carbocycles. The third-order valence-electron chi connectivity index (χ3n) is 5.60. The van der Waals surface area contributed by atoms with Crippen molar-refractivity contribution in [2.24, 2.45) is 0 Å². The zero-order valence-corrected chi connectivity index (χ0v) is 14.4. The Kier molecular flexibility index (Phi) is 4.22. The smallest absolute Gasteiger partial charge is 0.225 e. The molecule has 2 aliphatic heterocycles. The van der Waals surface area contributed by atoms with E-state index in [0.29, 0.717) is 0 Å². The van der Waals surface area contributed by atoms with Crippen LogP contribution in [0.25, 0.3) is 0 Å². The number of H-pyrrole nitrogens is 1. The van der Waals surface area contributed by atoms with E-state index in [9.17, 15) is 0 Å². The predicted octanol–water partition coefficient (Wildman–Crippen LogP) is 2.35. The van der Waals surface area contributed by atoms with Crippen molar-refractivity contribution in [2.75, 3.05) is 31.1 Å². The first kappa shape index (κ1) is 15.6. The highest BCUT2D eigenvalue weighted by Crippen LogP contribution is 2.42. The Balaban J connectivity index is 1.58. The number of nitrogens with zero attached hydrogens (tertiary/aromatic N) is 5. The van der Waals surface area contributed by atoms with Gasteiger partial charge in [-0.2, -0.15) is 0 Å². The lowest BCUT2D eigenvalue weighted by Gasteiger charge is -2.50. The molecule has 4 heterocycles. The summed E-state index contributed by atoms with van der Waals surface area (Å²) in [6.45, 7) is 6.55. The maximum Gasteiger partial charge on any atom is 0.225 e. The van der Waals surface area contributed by atoms with Crippen LogP contribution in [0.3, 0.4) is 0 Å². The maximum atomic E-state index is 4.74. The van der Waals surface area contributed by atoms with Gasteiger partial charge in [0.2, 0.25) is 5.95 Å².